The van der Waals surface area contributed by atoms with Crippen molar-refractivity contribution in [2.45, 2.75) is 18.4 Å². The van der Waals surface area contributed by atoms with Gasteiger partial charge in [0.1, 0.15) is 6.61 Å². The lowest BCUT2D eigenvalue weighted by Gasteiger charge is -2.19. The molecule has 12 heteroatoms. The van der Waals surface area contributed by atoms with Crippen molar-refractivity contribution < 1.29 is 50.2 Å². The molecule has 2 rings (SSSR count). The standard InChI is InChI=1S/C20H15F6NO5/c1-31-18(30)15(27-16(28)11-6-2-4-8-13(11)19(21,22)23)10-32-17(29)12-7-3-5-9-14(12)20(24,25)26/h2-9,15H,10H2,1H3,(H,27,28)/t15-/m0/s1. The van der Waals surface area contributed by atoms with E-state index >= 15 is 0 Å². The lowest BCUT2D eigenvalue weighted by Crippen LogP contribution is -2.45. The molecule has 0 saturated carbocycles. The highest BCUT2D eigenvalue weighted by Crippen LogP contribution is 2.33. The van der Waals surface area contributed by atoms with Crippen LogP contribution in [0.25, 0.3) is 0 Å². The fourth-order valence-electron chi connectivity index (χ4n) is 2.62. The van der Waals surface area contributed by atoms with E-state index in [1.165, 1.54) is 0 Å². The van der Waals surface area contributed by atoms with Crippen LogP contribution in [-0.4, -0.2) is 37.6 Å². The molecule has 6 nitrogen and oxygen atoms in total. The summed E-state index contributed by atoms with van der Waals surface area (Å²) in [6.45, 7) is -0.988. The van der Waals surface area contributed by atoms with Gasteiger partial charge in [0.25, 0.3) is 5.91 Å². The SMILES string of the molecule is COC(=O)[C@H](COC(=O)c1ccccc1C(F)(F)F)NC(=O)c1ccccc1C(F)(F)F. The molecule has 0 bridgehead atoms. The Morgan fingerprint density at radius 1 is 0.844 bits per heavy atom. The van der Waals surface area contributed by atoms with Crippen molar-refractivity contribution in [3.8, 4) is 0 Å². The van der Waals surface area contributed by atoms with Crippen LogP contribution in [0, 0.1) is 0 Å². The number of benzene rings is 2. The topological polar surface area (TPSA) is 81.7 Å². The van der Waals surface area contributed by atoms with Gasteiger partial charge in [0.2, 0.25) is 0 Å². The summed E-state index contributed by atoms with van der Waals surface area (Å²) in [4.78, 5) is 36.4. The molecule has 1 amide bonds. The van der Waals surface area contributed by atoms with Crippen LogP contribution in [0.15, 0.2) is 48.5 Å². The summed E-state index contributed by atoms with van der Waals surface area (Å²) in [6.07, 6.45) is -9.74. The molecule has 0 aliphatic heterocycles. The average Bonchev–Trinajstić information content (AvgIpc) is 2.74. The highest BCUT2D eigenvalue weighted by molar-refractivity contribution is 5.98. The van der Waals surface area contributed by atoms with Crippen molar-refractivity contribution in [3.63, 3.8) is 0 Å². The first-order valence-electron chi connectivity index (χ1n) is 8.74. The Kier molecular flexibility index (Phi) is 7.49. The number of halogens is 6. The first kappa shape index (κ1) is 24.7. The Morgan fingerprint density at radius 3 is 1.81 bits per heavy atom. The number of rotatable bonds is 6. The first-order chi connectivity index (χ1) is 14.9. The number of nitrogens with one attached hydrogen (secondary N) is 1. The van der Waals surface area contributed by atoms with Crippen LogP contribution < -0.4 is 5.32 Å². The zero-order valence-corrected chi connectivity index (χ0v) is 16.2. The van der Waals surface area contributed by atoms with Crippen LogP contribution in [0.2, 0.25) is 0 Å². The van der Waals surface area contributed by atoms with Crippen LogP contribution in [0.4, 0.5) is 26.3 Å². The van der Waals surface area contributed by atoms with E-state index in [9.17, 15) is 40.7 Å². The minimum atomic E-state index is -4.87. The second-order valence-electron chi connectivity index (χ2n) is 6.23. The van der Waals surface area contributed by atoms with E-state index in [1.807, 2.05) is 5.32 Å². The van der Waals surface area contributed by atoms with Gasteiger partial charge in [-0.25, -0.2) is 9.59 Å². The third kappa shape index (κ3) is 5.99. The third-order valence-corrected chi connectivity index (χ3v) is 4.10. The van der Waals surface area contributed by atoms with Gasteiger partial charge in [-0.05, 0) is 24.3 Å². The van der Waals surface area contributed by atoms with Gasteiger partial charge in [0.15, 0.2) is 6.04 Å². The van der Waals surface area contributed by atoms with E-state index in [1.54, 1.807) is 0 Å². The molecule has 32 heavy (non-hydrogen) atoms. The third-order valence-electron chi connectivity index (χ3n) is 4.10. The predicted octanol–water partition coefficient (Wildman–Crippen LogP) is 3.85. The number of amides is 1. The normalized spacial score (nSPS) is 12.6. The van der Waals surface area contributed by atoms with Crippen LogP contribution in [0.1, 0.15) is 31.8 Å². The molecule has 0 fully saturated rings. The number of methoxy groups -OCH3 is 1. The largest absolute Gasteiger partial charge is 0.467 e. The maximum absolute atomic E-state index is 13.1. The summed E-state index contributed by atoms with van der Waals surface area (Å²) in [7, 11) is 0.895. The monoisotopic (exact) mass is 463 g/mol. The minimum absolute atomic E-state index is 0.643. The molecule has 2 aromatic carbocycles. The summed E-state index contributed by atoms with van der Waals surface area (Å²) < 4.78 is 87.6. The van der Waals surface area contributed by atoms with Gasteiger partial charge in [-0.15, -0.1) is 0 Å². The molecule has 0 aromatic heterocycles. The average molecular weight is 463 g/mol. The van der Waals surface area contributed by atoms with E-state index in [4.69, 9.17) is 4.74 Å². The molecular formula is C20H15F6NO5. The minimum Gasteiger partial charge on any atom is -0.467 e. The van der Waals surface area contributed by atoms with Gasteiger partial charge in [-0.1, -0.05) is 24.3 Å². The van der Waals surface area contributed by atoms with Gasteiger partial charge in [-0.3, -0.25) is 4.79 Å². The van der Waals surface area contributed by atoms with Crippen LogP contribution >= 0.6 is 0 Å². The molecule has 2 aromatic rings. The second kappa shape index (κ2) is 9.71. The summed E-state index contributed by atoms with van der Waals surface area (Å²) in [5.74, 6) is -3.99. The van der Waals surface area contributed by atoms with Gasteiger partial charge in [0.05, 0.1) is 29.4 Å². The summed E-state index contributed by atoms with van der Waals surface area (Å²) in [5, 5.41) is 1.94. The molecule has 172 valence electrons. The Balaban J connectivity index is 2.21. The quantitative estimate of drug-likeness (QED) is 0.520. The number of alkyl halides is 6. The van der Waals surface area contributed by atoms with Crippen LogP contribution in [0.3, 0.4) is 0 Å². The van der Waals surface area contributed by atoms with Gasteiger partial charge >= 0.3 is 24.3 Å². The number of carbonyl (C=O) groups excluding carboxylic acids is 3. The Bertz CT molecular complexity index is 1000. The van der Waals surface area contributed by atoms with Crippen molar-refractivity contribution in [2.24, 2.45) is 0 Å². The van der Waals surface area contributed by atoms with Gasteiger partial charge in [0, 0.05) is 0 Å². The second-order valence-corrected chi connectivity index (χ2v) is 6.23. The summed E-state index contributed by atoms with van der Waals surface area (Å²) >= 11 is 0. The maximum atomic E-state index is 13.1. The summed E-state index contributed by atoms with van der Waals surface area (Å²) in [6, 6.07) is 5.63. The van der Waals surface area contributed by atoms with Crippen molar-refractivity contribution in [3.05, 3.63) is 70.8 Å². The zero-order chi connectivity index (χ0) is 24.1. The zero-order valence-electron chi connectivity index (χ0n) is 16.2. The molecule has 0 aliphatic rings. The number of hydrogen-bond acceptors (Lipinski definition) is 5. The van der Waals surface area contributed by atoms with Crippen molar-refractivity contribution in [1.82, 2.24) is 5.32 Å². The molecule has 0 aliphatic carbocycles. The van der Waals surface area contributed by atoms with E-state index in [2.05, 4.69) is 4.74 Å². The molecular weight excluding hydrogens is 448 g/mol. The highest BCUT2D eigenvalue weighted by Gasteiger charge is 2.37. The molecule has 0 heterocycles. The van der Waals surface area contributed by atoms with Crippen molar-refractivity contribution in [1.29, 1.82) is 0 Å². The maximum Gasteiger partial charge on any atom is 0.417 e. The lowest BCUT2D eigenvalue weighted by molar-refractivity contribution is -0.144. The van der Waals surface area contributed by atoms with Gasteiger partial charge in [-0.2, -0.15) is 26.3 Å². The predicted molar refractivity (Wildman–Crippen MR) is 96.4 cm³/mol. The fourth-order valence-corrected chi connectivity index (χ4v) is 2.62. The molecule has 0 unspecified atom stereocenters. The van der Waals surface area contributed by atoms with E-state index < -0.39 is 65.1 Å². The molecule has 0 spiro atoms. The molecule has 0 saturated heterocycles. The van der Waals surface area contributed by atoms with Crippen LogP contribution in [0.5, 0.6) is 0 Å². The molecule has 1 atom stereocenters. The van der Waals surface area contributed by atoms with Gasteiger partial charge < -0.3 is 14.8 Å². The van der Waals surface area contributed by atoms with E-state index in [0.29, 0.717) is 12.1 Å². The number of esters is 2. The molecule has 0 radical (unpaired) electrons. The number of carbonyl (C=O) groups is 3. The van der Waals surface area contributed by atoms with Crippen molar-refractivity contribution >= 4 is 17.8 Å². The Hall–Kier alpha value is -3.57. The Morgan fingerprint density at radius 2 is 1.31 bits per heavy atom. The fraction of sp³-hybridized carbons (Fsp3) is 0.250. The summed E-state index contributed by atoms with van der Waals surface area (Å²) in [5.41, 5.74) is -4.24. The Labute approximate surface area is 177 Å². The number of ether oxygens (including phenoxy) is 2. The van der Waals surface area contributed by atoms with E-state index in [0.717, 1.165) is 43.5 Å². The molecule has 1 N–H and O–H groups in total. The highest BCUT2D eigenvalue weighted by atomic mass is 19.4. The number of hydrogen-bond donors (Lipinski definition) is 1. The first-order valence-corrected chi connectivity index (χ1v) is 8.74. The van der Waals surface area contributed by atoms with Crippen molar-refractivity contribution in [2.75, 3.05) is 13.7 Å². The smallest absolute Gasteiger partial charge is 0.417 e. The van der Waals surface area contributed by atoms with E-state index in [-0.39, 0.29) is 0 Å². The van der Waals surface area contributed by atoms with Crippen LogP contribution in [-0.2, 0) is 26.6 Å². The lowest BCUT2D eigenvalue weighted by atomic mass is 10.1.